The third-order valence-corrected chi connectivity index (χ3v) is 4.40. The lowest BCUT2D eigenvalue weighted by molar-refractivity contribution is -0.115. The van der Waals surface area contributed by atoms with E-state index in [4.69, 9.17) is 5.73 Å². The maximum atomic E-state index is 12.0. The molecule has 1 amide bonds. The third kappa shape index (κ3) is 2.75. The van der Waals surface area contributed by atoms with Crippen molar-refractivity contribution in [2.75, 3.05) is 16.8 Å². The lowest BCUT2D eigenvalue weighted by Crippen LogP contribution is -2.23. The molecule has 2 rings (SSSR count). The minimum atomic E-state index is 0.117. The van der Waals surface area contributed by atoms with Crippen molar-refractivity contribution in [3.63, 3.8) is 0 Å². The number of hydrogen-bond donors (Lipinski definition) is 2. The average molecular weight is 250 g/mol. The molecule has 0 saturated carbocycles. The van der Waals surface area contributed by atoms with Gasteiger partial charge in [-0.15, -0.1) is 11.8 Å². The Morgan fingerprint density at radius 1 is 1.41 bits per heavy atom. The zero-order valence-corrected chi connectivity index (χ0v) is 11.1. The molecular formula is C13H18N2OS. The Morgan fingerprint density at radius 3 is 2.59 bits per heavy atom. The summed E-state index contributed by atoms with van der Waals surface area (Å²) < 4.78 is 0. The fraction of sp³-hybridized carbons (Fsp3) is 0.462. The van der Waals surface area contributed by atoms with Gasteiger partial charge in [-0.3, -0.25) is 4.79 Å². The Bertz CT molecular complexity index is 416. The Morgan fingerprint density at radius 2 is 2.06 bits per heavy atom. The second kappa shape index (κ2) is 5.00. The number of nitrogens with two attached hydrogens (primary N) is 1. The Kier molecular flexibility index (Phi) is 3.62. The number of hydrogen-bond acceptors (Lipinski definition) is 3. The second-order valence-corrected chi connectivity index (χ2v) is 5.83. The molecule has 92 valence electrons. The highest BCUT2D eigenvalue weighted by atomic mass is 32.2. The Hall–Kier alpha value is -1.16. The highest BCUT2D eigenvalue weighted by Gasteiger charge is 2.24. The molecule has 3 N–H and O–H groups in total. The largest absolute Gasteiger partial charge is 0.399 e. The smallest absolute Gasteiger partial charge is 0.237 e. The maximum absolute atomic E-state index is 12.0. The summed E-state index contributed by atoms with van der Waals surface area (Å²) in [5, 5.41) is 3.15. The van der Waals surface area contributed by atoms with Gasteiger partial charge in [0.1, 0.15) is 0 Å². The fourth-order valence-corrected chi connectivity index (χ4v) is 3.34. The summed E-state index contributed by atoms with van der Waals surface area (Å²) in [6, 6.07) is 3.79. The quantitative estimate of drug-likeness (QED) is 0.793. The van der Waals surface area contributed by atoms with Crippen LogP contribution in [0.5, 0.6) is 0 Å². The number of benzene rings is 1. The molecule has 0 bridgehead atoms. The standard InChI is InChI=1S/C13H18N2OS/c1-8-6-10(14)7-9(2)12(8)15-13(16)11-4-3-5-17-11/h6-7,11H,3-5,14H2,1-2H3,(H,15,16). The van der Waals surface area contributed by atoms with Gasteiger partial charge in [-0.05, 0) is 55.7 Å². The maximum Gasteiger partial charge on any atom is 0.237 e. The van der Waals surface area contributed by atoms with Gasteiger partial charge in [0.05, 0.1) is 5.25 Å². The van der Waals surface area contributed by atoms with Crippen molar-refractivity contribution in [2.45, 2.75) is 31.9 Å². The van der Waals surface area contributed by atoms with Crippen LogP contribution in [-0.4, -0.2) is 16.9 Å². The van der Waals surface area contributed by atoms with Crippen molar-refractivity contribution in [1.29, 1.82) is 0 Å². The normalized spacial score (nSPS) is 19.3. The first-order chi connectivity index (χ1) is 8.08. The molecule has 1 aliphatic heterocycles. The molecule has 1 aromatic carbocycles. The predicted octanol–water partition coefficient (Wildman–Crippen LogP) is 2.72. The Labute approximate surface area is 106 Å². The summed E-state index contributed by atoms with van der Waals surface area (Å²) in [6.45, 7) is 3.95. The number of nitrogen functional groups attached to an aromatic ring is 1. The van der Waals surface area contributed by atoms with E-state index in [2.05, 4.69) is 5.32 Å². The summed E-state index contributed by atoms with van der Waals surface area (Å²) in [4.78, 5) is 12.0. The monoisotopic (exact) mass is 250 g/mol. The van der Waals surface area contributed by atoms with Crippen LogP contribution in [0.15, 0.2) is 12.1 Å². The van der Waals surface area contributed by atoms with E-state index in [1.165, 1.54) is 0 Å². The SMILES string of the molecule is Cc1cc(N)cc(C)c1NC(=O)C1CCCS1. The highest BCUT2D eigenvalue weighted by Crippen LogP contribution is 2.29. The number of aryl methyl sites for hydroxylation is 2. The number of carbonyl (C=O) groups is 1. The van der Waals surface area contributed by atoms with E-state index in [9.17, 15) is 4.79 Å². The fourth-order valence-electron chi connectivity index (χ4n) is 2.18. The molecular weight excluding hydrogens is 232 g/mol. The van der Waals surface area contributed by atoms with Crippen molar-refractivity contribution in [1.82, 2.24) is 0 Å². The number of nitrogens with one attached hydrogen (secondary N) is 1. The molecule has 4 heteroatoms. The minimum Gasteiger partial charge on any atom is -0.399 e. The first-order valence-corrected chi connectivity index (χ1v) is 6.92. The van der Waals surface area contributed by atoms with Crippen molar-refractivity contribution in [3.05, 3.63) is 23.3 Å². The van der Waals surface area contributed by atoms with Crippen LogP contribution in [0.1, 0.15) is 24.0 Å². The first-order valence-electron chi connectivity index (χ1n) is 5.87. The van der Waals surface area contributed by atoms with Crippen LogP contribution in [0, 0.1) is 13.8 Å². The van der Waals surface area contributed by atoms with Crippen LogP contribution < -0.4 is 11.1 Å². The summed E-state index contributed by atoms with van der Waals surface area (Å²) in [5.41, 5.74) is 9.48. The third-order valence-electron chi connectivity index (χ3n) is 3.03. The second-order valence-electron chi connectivity index (χ2n) is 4.52. The number of carbonyl (C=O) groups excluding carboxylic acids is 1. The van der Waals surface area contributed by atoms with Crippen LogP contribution in [0.25, 0.3) is 0 Å². The highest BCUT2D eigenvalue weighted by molar-refractivity contribution is 8.00. The van der Waals surface area contributed by atoms with Crippen molar-refractivity contribution in [2.24, 2.45) is 0 Å². The van der Waals surface area contributed by atoms with Crippen LogP contribution in [0.3, 0.4) is 0 Å². The molecule has 1 aromatic rings. The van der Waals surface area contributed by atoms with E-state index in [1.807, 2.05) is 26.0 Å². The van der Waals surface area contributed by atoms with Crippen LogP contribution >= 0.6 is 11.8 Å². The van der Waals surface area contributed by atoms with E-state index in [0.29, 0.717) is 0 Å². The average Bonchev–Trinajstić information content (AvgIpc) is 2.76. The van der Waals surface area contributed by atoms with Gasteiger partial charge in [-0.1, -0.05) is 0 Å². The molecule has 0 spiro atoms. The van der Waals surface area contributed by atoms with Crippen molar-refractivity contribution < 1.29 is 4.79 Å². The van der Waals surface area contributed by atoms with Crippen LogP contribution in [0.4, 0.5) is 11.4 Å². The lowest BCUT2D eigenvalue weighted by Gasteiger charge is -2.15. The number of amides is 1. The van der Waals surface area contributed by atoms with Crippen molar-refractivity contribution >= 4 is 29.0 Å². The minimum absolute atomic E-state index is 0.117. The summed E-state index contributed by atoms with van der Waals surface area (Å²) in [7, 11) is 0. The van der Waals surface area contributed by atoms with Gasteiger partial charge in [0.15, 0.2) is 0 Å². The van der Waals surface area contributed by atoms with Crippen molar-refractivity contribution in [3.8, 4) is 0 Å². The zero-order chi connectivity index (χ0) is 12.4. The van der Waals surface area contributed by atoms with Gasteiger partial charge in [-0.2, -0.15) is 0 Å². The number of thioether (sulfide) groups is 1. The number of rotatable bonds is 2. The summed E-state index contributed by atoms with van der Waals surface area (Å²) >= 11 is 1.75. The molecule has 1 aliphatic rings. The molecule has 0 aromatic heterocycles. The first kappa shape index (κ1) is 12.3. The molecule has 17 heavy (non-hydrogen) atoms. The molecule has 0 radical (unpaired) electrons. The lowest BCUT2D eigenvalue weighted by atomic mass is 10.1. The summed E-state index contributed by atoms with van der Waals surface area (Å²) in [5.74, 6) is 1.22. The Balaban J connectivity index is 2.15. The topological polar surface area (TPSA) is 55.1 Å². The molecule has 1 heterocycles. The van der Waals surface area contributed by atoms with E-state index in [0.717, 1.165) is 41.1 Å². The predicted molar refractivity (Wildman–Crippen MR) is 74.4 cm³/mol. The molecule has 1 fully saturated rings. The van der Waals surface area contributed by atoms with Gasteiger partial charge in [0.2, 0.25) is 5.91 Å². The van der Waals surface area contributed by atoms with Gasteiger partial charge < -0.3 is 11.1 Å². The zero-order valence-electron chi connectivity index (χ0n) is 10.2. The van der Waals surface area contributed by atoms with E-state index in [1.54, 1.807) is 11.8 Å². The molecule has 0 aliphatic carbocycles. The van der Waals surface area contributed by atoms with E-state index >= 15 is 0 Å². The molecule has 1 saturated heterocycles. The number of anilines is 2. The van der Waals surface area contributed by atoms with Gasteiger partial charge in [-0.25, -0.2) is 0 Å². The molecule has 1 unspecified atom stereocenters. The van der Waals surface area contributed by atoms with Crippen LogP contribution in [0.2, 0.25) is 0 Å². The molecule has 3 nitrogen and oxygen atoms in total. The van der Waals surface area contributed by atoms with Gasteiger partial charge in [0.25, 0.3) is 0 Å². The van der Waals surface area contributed by atoms with Gasteiger partial charge >= 0.3 is 0 Å². The van der Waals surface area contributed by atoms with Gasteiger partial charge in [0, 0.05) is 11.4 Å². The van der Waals surface area contributed by atoms with E-state index < -0.39 is 0 Å². The summed E-state index contributed by atoms with van der Waals surface area (Å²) in [6.07, 6.45) is 2.13. The van der Waals surface area contributed by atoms with Crippen LogP contribution in [-0.2, 0) is 4.79 Å². The molecule has 1 atom stereocenters. The van der Waals surface area contributed by atoms with E-state index in [-0.39, 0.29) is 11.2 Å².